The van der Waals surface area contributed by atoms with Gasteiger partial charge in [0.25, 0.3) is 0 Å². The topological polar surface area (TPSA) is 120 Å². The van der Waals surface area contributed by atoms with Crippen LogP contribution in [-0.2, 0) is 14.2 Å². The van der Waals surface area contributed by atoms with E-state index in [4.69, 9.17) is 25.5 Å². The van der Waals surface area contributed by atoms with Crippen molar-refractivity contribution >= 4 is 25.9 Å². The maximum absolute atomic E-state index is 8.52. The average Bonchev–Trinajstić information content (AvgIpc) is 1.27. The molecule has 0 spiro atoms. The van der Waals surface area contributed by atoms with Gasteiger partial charge in [-0.2, -0.15) is 0 Å². The summed E-state index contributed by atoms with van der Waals surface area (Å²) < 4.78 is 51.0. The third-order valence-electron chi connectivity index (χ3n) is 0. The molecule has 0 unspecified atom stereocenters. The maximum atomic E-state index is 8.52. The Morgan fingerprint density at radius 3 is 0.800 bits per heavy atom. The van der Waals surface area contributed by atoms with Crippen LogP contribution < -0.4 is 60.7 Å². The summed E-state index contributed by atoms with van der Waals surface area (Å²) in [5, 5.41) is 0. The molecule has 0 aromatic rings. The predicted octanol–water partition coefficient (Wildman–Crippen LogP) is -9.47. The fourth-order valence-electron chi connectivity index (χ4n) is 0. The Bertz CT molecular complexity index is 144. The summed E-state index contributed by atoms with van der Waals surface area (Å²) in [6, 6.07) is 0. The third kappa shape index (κ3) is 933. The van der Waals surface area contributed by atoms with Crippen LogP contribution in [0.25, 0.3) is 0 Å². The standard InChI is InChI=1S/4CH4.Al.3Li.H2O4S.2O/c;;;;;;;;1-5(2,3)4;;/h4*1H4;;;;;(H2,1,2,3,4);;/q;;;;;3*+1;;;-1/p-2. The third-order valence-corrected chi connectivity index (χ3v) is 0. The fourth-order valence-corrected chi connectivity index (χ4v) is 0. The zero-order valence-electron chi connectivity index (χ0n) is 6.44. The molecule has 0 fully saturated rings. The predicted molar refractivity (Wildman–Crippen MR) is 43.8 cm³/mol. The second kappa shape index (κ2) is 44.7. The van der Waals surface area contributed by atoms with Crippen LogP contribution in [-0.4, -0.2) is 33.0 Å². The molecule has 11 heteroatoms. The first kappa shape index (κ1) is 69.0. The van der Waals surface area contributed by atoms with Crippen LogP contribution >= 0.6 is 0 Å². The van der Waals surface area contributed by atoms with E-state index in [1.54, 1.807) is 0 Å². The number of hydrogen-bond acceptors (Lipinski definition) is 6. The summed E-state index contributed by atoms with van der Waals surface area (Å²) >= 11 is -1.75. The zero-order chi connectivity index (χ0) is 7.21. The molecule has 0 saturated heterocycles. The van der Waals surface area contributed by atoms with Gasteiger partial charge in [0.2, 0.25) is 0 Å². The van der Waals surface area contributed by atoms with Crippen LogP contribution in [0.3, 0.4) is 0 Å². The molecule has 0 aromatic heterocycles. The molecule has 0 aliphatic heterocycles. The molecule has 0 atom stereocenters. The summed E-state index contributed by atoms with van der Waals surface area (Å²) in [7, 11) is -5.17. The van der Waals surface area contributed by atoms with Crippen molar-refractivity contribution < 1.29 is 82.1 Å². The second-order valence-electron chi connectivity index (χ2n) is 0.504. The second-order valence-corrected chi connectivity index (χ2v) is 1.51. The Balaban J connectivity index is -0.00000000486. The van der Waals surface area contributed by atoms with Crippen LogP contribution in [0.2, 0.25) is 0 Å². The molecule has 0 rings (SSSR count). The van der Waals surface area contributed by atoms with E-state index in [1.165, 1.54) is 0 Å². The van der Waals surface area contributed by atoms with Crippen LogP contribution in [0.4, 0.5) is 0 Å². The van der Waals surface area contributed by atoms with E-state index < -0.39 is 25.9 Å². The molecule has 6 nitrogen and oxygen atoms in total. The van der Waals surface area contributed by atoms with Gasteiger partial charge >= 0.3 is 80.0 Å². The Morgan fingerprint density at radius 2 is 0.800 bits per heavy atom. The first-order chi connectivity index (χ1) is 3.41. The van der Waals surface area contributed by atoms with Gasteiger partial charge in [-0.3, -0.25) is 8.42 Å². The fraction of sp³-hybridized carbons (Fsp3) is 1.00. The van der Waals surface area contributed by atoms with Crippen molar-refractivity contribution in [2.45, 2.75) is 29.7 Å². The molecule has 0 bridgehead atoms. The van der Waals surface area contributed by atoms with Crippen LogP contribution in [0, 0.1) is 0 Å². The molecule has 0 amide bonds. The van der Waals surface area contributed by atoms with Gasteiger partial charge < -0.3 is 9.11 Å². The molecule has 15 heavy (non-hydrogen) atoms. The Morgan fingerprint density at radius 1 is 0.800 bits per heavy atom. The molecular formula is C4H16AlLi3O6S. The molecule has 0 aliphatic carbocycles. The van der Waals surface area contributed by atoms with Crippen LogP contribution in [0.1, 0.15) is 29.7 Å². The monoisotopic (exact) mass is 240 g/mol. The minimum atomic E-state index is -5.17. The van der Waals surface area contributed by atoms with E-state index >= 15 is 0 Å². The normalized spacial score (nSPS) is 4.40. The van der Waals surface area contributed by atoms with Crippen molar-refractivity contribution in [1.29, 1.82) is 0 Å². The van der Waals surface area contributed by atoms with E-state index in [9.17, 15) is 0 Å². The molecule has 0 aromatic carbocycles. The first-order valence-corrected chi connectivity index (χ1v) is 3.41. The van der Waals surface area contributed by atoms with E-state index in [-0.39, 0.29) is 86.3 Å². The van der Waals surface area contributed by atoms with Gasteiger partial charge in [-0.15, -0.1) is 0 Å². The molecule has 80 valence electrons. The van der Waals surface area contributed by atoms with Gasteiger partial charge in [-0.25, -0.2) is 0 Å². The van der Waals surface area contributed by atoms with Crippen molar-refractivity contribution in [3.8, 4) is 0 Å². The van der Waals surface area contributed by atoms with E-state index in [0.717, 1.165) is 0 Å². The summed E-state index contributed by atoms with van der Waals surface area (Å²) in [6.07, 6.45) is 0. The van der Waals surface area contributed by atoms with Crippen LogP contribution in [0.15, 0.2) is 0 Å². The van der Waals surface area contributed by atoms with Crippen molar-refractivity contribution in [1.82, 2.24) is 0 Å². The molecule has 0 saturated carbocycles. The van der Waals surface area contributed by atoms with Crippen molar-refractivity contribution in [3.63, 3.8) is 0 Å². The van der Waals surface area contributed by atoms with Gasteiger partial charge in [0.15, 0.2) is 0 Å². The summed E-state index contributed by atoms with van der Waals surface area (Å²) in [4.78, 5) is 0. The Labute approximate surface area is 136 Å². The van der Waals surface area contributed by atoms with Gasteiger partial charge in [-0.1, -0.05) is 29.7 Å². The van der Waals surface area contributed by atoms with E-state index in [2.05, 4.69) is 0 Å². The van der Waals surface area contributed by atoms with Gasteiger partial charge in [0.05, 0.1) is 0 Å². The zero-order valence-corrected chi connectivity index (χ0v) is 8.41. The van der Waals surface area contributed by atoms with Crippen molar-refractivity contribution in [2.75, 3.05) is 0 Å². The molecular weight excluding hydrogens is 224 g/mol. The quantitative estimate of drug-likeness (QED) is 0.235. The van der Waals surface area contributed by atoms with Gasteiger partial charge in [0, 0.05) is 10.4 Å². The first-order valence-electron chi connectivity index (χ1n) is 1.14. The molecule has 0 aliphatic rings. The number of rotatable bonds is 0. The summed E-state index contributed by atoms with van der Waals surface area (Å²) in [5.74, 6) is 0. The summed E-state index contributed by atoms with van der Waals surface area (Å²) in [5.41, 5.74) is 0. The SMILES string of the molecule is C.C.C.C.O=S(=O)([O-])[O-].[Li+].[Li+].[Li+].[O]=[Al][O-]. The van der Waals surface area contributed by atoms with E-state index in [0.29, 0.717) is 0 Å². The molecule has 0 N–H and O–H groups in total. The van der Waals surface area contributed by atoms with Crippen molar-refractivity contribution in [3.05, 3.63) is 0 Å². The minimum absolute atomic E-state index is 0. The average molecular weight is 240 g/mol. The van der Waals surface area contributed by atoms with Gasteiger partial charge in [0.1, 0.15) is 0 Å². The molecule has 0 radical (unpaired) electrons. The Hall–Kier alpha value is 1.79. The van der Waals surface area contributed by atoms with Crippen LogP contribution in [0.5, 0.6) is 0 Å². The number of hydrogen-bond donors (Lipinski definition) is 0. The van der Waals surface area contributed by atoms with Crippen molar-refractivity contribution in [2.24, 2.45) is 0 Å². The van der Waals surface area contributed by atoms with Gasteiger partial charge in [-0.05, 0) is 0 Å². The molecule has 0 heterocycles. The Kier molecular flexibility index (Phi) is 205. The summed E-state index contributed by atoms with van der Waals surface area (Å²) in [6.45, 7) is 0. The van der Waals surface area contributed by atoms with E-state index in [1.807, 2.05) is 0 Å².